The van der Waals surface area contributed by atoms with E-state index in [4.69, 9.17) is 9.97 Å². The Labute approximate surface area is 164 Å². The lowest BCUT2D eigenvalue weighted by atomic mass is 10.0. The Hall–Kier alpha value is -2.26. The predicted octanol–water partition coefficient (Wildman–Crippen LogP) is 5.87. The lowest BCUT2D eigenvalue weighted by molar-refractivity contribution is 0.181. The first-order valence-corrected chi connectivity index (χ1v) is 9.86. The molecule has 0 aliphatic carbocycles. The topological polar surface area (TPSA) is 29.0 Å². The molecule has 0 saturated heterocycles. The second-order valence-electron chi connectivity index (χ2n) is 7.31. The molecule has 2 rings (SSSR count). The second kappa shape index (κ2) is 10.2. The number of aromatic nitrogens is 2. The number of aryl methyl sites for hydroxylation is 2. The molecule has 3 heteroatoms. The summed E-state index contributed by atoms with van der Waals surface area (Å²) in [5.74, 6) is 0. The van der Waals surface area contributed by atoms with Crippen LogP contribution in [-0.4, -0.2) is 20.9 Å². The highest BCUT2D eigenvalue weighted by molar-refractivity contribution is 5.66. The second-order valence-corrected chi connectivity index (χ2v) is 7.31. The van der Waals surface area contributed by atoms with Crippen molar-refractivity contribution < 1.29 is 0 Å². The summed E-state index contributed by atoms with van der Waals surface area (Å²) in [6.45, 7) is 14.6. The van der Waals surface area contributed by atoms with Gasteiger partial charge in [-0.05, 0) is 63.8 Å². The van der Waals surface area contributed by atoms with E-state index < -0.39 is 0 Å². The van der Waals surface area contributed by atoms with Crippen molar-refractivity contribution in [1.29, 1.82) is 0 Å². The van der Waals surface area contributed by atoms with Gasteiger partial charge in [0.25, 0.3) is 0 Å². The summed E-state index contributed by atoms with van der Waals surface area (Å²) in [6, 6.07) is 6.86. The Balaban J connectivity index is 2.32. The number of nitrogens with zero attached hydrogens (tertiary/aromatic N) is 3. The summed E-state index contributed by atoms with van der Waals surface area (Å²) in [5, 5.41) is 0. The Morgan fingerprint density at radius 2 is 1.93 bits per heavy atom. The third kappa shape index (κ3) is 5.86. The van der Waals surface area contributed by atoms with Crippen LogP contribution in [-0.2, 0) is 13.1 Å². The molecule has 1 atom stereocenters. The van der Waals surface area contributed by atoms with Crippen LogP contribution in [0.5, 0.6) is 0 Å². The van der Waals surface area contributed by atoms with Gasteiger partial charge in [-0.3, -0.25) is 14.9 Å². The van der Waals surface area contributed by atoms with Gasteiger partial charge in [0.2, 0.25) is 0 Å². The lowest BCUT2D eigenvalue weighted by Crippen LogP contribution is -2.33. The van der Waals surface area contributed by atoms with Crippen LogP contribution in [0.15, 0.2) is 48.8 Å². The zero-order valence-electron chi connectivity index (χ0n) is 17.7. The van der Waals surface area contributed by atoms with Crippen LogP contribution in [0.2, 0.25) is 0 Å². The van der Waals surface area contributed by atoms with Crippen molar-refractivity contribution in [3.8, 4) is 0 Å². The molecule has 0 N–H and O–H groups in total. The number of allylic oxidation sites excluding steroid dienone is 4. The number of pyridine rings is 2. The predicted molar refractivity (Wildman–Crippen MR) is 115 cm³/mol. The molecular weight excluding hydrogens is 330 g/mol. The van der Waals surface area contributed by atoms with Crippen molar-refractivity contribution in [2.75, 3.05) is 0 Å². The van der Waals surface area contributed by atoms with Gasteiger partial charge in [0.15, 0.2) is 0 Å². The summed E-state index contributed by atoms with van der Waals surface area (Å²) < 4.78 is 0. The maximum absolute atomic E-state index is 4.72. The van der Waals surface area contributed by atoms with Crippen LogP contribution in [0.1, 0.15) is 62.2 Å². The summed E-state index contributed by atoms with van der Waals surface area (Å²) in [5.41, 5.74) is 7.21. The molecule has 0 fully saturated rings. The fourth-order valence-corrected chi connectivity index (χ4v) is 3.17. The first-order chi connectivity index (χ1) is 13.0. The van der Waals surface area contributed by atoms with Gasteiger partial charge in [-0.25, -0.2) is 0 Å². The van der Waals surface area contributed by atoms with Crippen LogP contribution in [0.3, 0.4) is 0 Å². The molecule has 0 spiro atoms. The molecular formula is C24H33N3. The average molecular weight is 364 g/mol. The molecule has 0 aliphatic rings. The smallest absolute Gasteiger partial charge is 0.0619 e. The Bertz CT molecular complexity index is 805. The molecule has 0 aliphatic heterocycles. The standard InChI is InChI=1S/C24H33N3/c1-7-9-11-19(4)22-12-10-13-25-24(22)17-27(21(6)8-2)16-23-20(5)14-18(3)15-26-23/h7,9-15,21H,8,16-17H2,1-6H3/b9-7-,19-11+. The monoisotopic (exact) mass is 363 g/mol. The van der Waals surface area contributed by atoms with E-state index in [1.165, 1.54) is 22.3 Å². The molecule has 1 unspecified atom stereocenters. The Kier molecular flexibility index (Phi) is 7.93. The molecule has 27 heavy (non-hydrogen) atoms. The molecule has 0 bridgehead atoms. The SMILES string of the molecule is C/C=C\C=C(/C)c1cccnc1CN(Cc1ncc(C)cc1C)C(C)CC. The highest BCUT2D eigenvalue weighted by Gasteiger charge is 2.18. The van der Waals surface area contributed by atoms with Crippen molar-refractivity contribution in [2.24, 2.45) is 0 Å². The van der Waals surface area contributed by atoms with Gasteiger partial charge in [0.1, 0.15) is 0 Å². The van der Waals surface area contributed by atoms with E-state index in [9.17, 15) is 0 Å². The van der Waals surface area contributed by atoms with Crippen molar-refractivity contribution in [1.82, 2.24) is 14.9 Å². The largest absolute Gasteiger partial charge is 0.289 e. The summed E-state index contributed by atoms with van der Waals surface area (Å²) in [6.07, 6.45) is 11.2. The minimum Gasteiger partial charge on any atom is -0.289 e. The molecule has 0 radical (unpaired) electrons. The zero-order valence-corrected chi connectivity index (χ0v) is 17.7. The molecule has 2 aromatic heterocycles. The van der Waals surface area contributed by atoms with Gasteiger partial charge in [-0.1, -0.05) is 37.3 Å². The normalized spacial score (nSPS) is 13.5. The van der Waals surface area contributed by atoms with Gasteiger partial charge in [0, 0.05) is 37.1 Å². The maximum Gasteiger partial charge on any atom is 0.0619 e. The number of rotatable bonds is 8. The van der Waals surface area contributed by atoms with Crippen molar-refractivity contribution >= 4 is 5.57 Å². The summed E-state index contributed by atoms with van der Waals surface area (Å²) in [7, 11) is 0. The van der Waals surface area contributed by atoms with Crippen LogP contribution in [0, 0.1) is 13.8 Å². The van der Waals surface area contributed by atoms with Crippen LogP contribution < -0.4 is 0 Å². The van der Waals surface area contributed by atoms with Crippen LogP contribution in [0.4, 0.5) is 0 Å². The third-order valence-corrected chi connectivity index (χ3v) is 5.10. The number of hydrogen-bond donors (Lipinski definition) is 0. The summed E-state index contributed by atoms with van der Waals surface area (Å²) in [4.78, 5) is 11.9. The van der Waals surface area contributed by atoms with Crippen LogP contribution >= 0.6 is 0 Å². The van der Waals surface area contributed by atoms with E-state index in [0.717, 1.165) is 30.9 Å². The molecule has 0 aromatic carbocycles. The highest BCUT2D eigenvalue weighted by atomic mass is 15.2. The van der Waals surface area contributed by atoms with Crippen molar-refractivity contribution in [3.05, 3.63) is 76.9 Å². The van der Waals surface area contributed by atoms with Crippen LogP contribution in [0.25, 0.3) is 5.57 Å². The molecule has 0 saturated carbocycles. The average Bonchev–Trinajstić information content (AvgIpc) is 2.67. The molecule has 2 heterocycles. The van der Waals surface area contributed by atoms with Gasteiger partial charge in [-0.15, -0.1) is 0 Å². The van der Waals surface area contributed by atoms with Gasteiger partial charge in [-0.2, -0.15) is 0 Å². The van der Waals surface area contributed by atoms with Crippen molar-refractivity contribution in [3.63, 3.8) is 0 Å². The first kappa shape index (κ1) is 21.0. The Morgan fingerprint density at radius 3 is 2.59 bits per heavy atom. The van der Waals surface area contributed by atoms with Gasteiger partial charge in [0.05, 0.1) is 11.4 Å². The first-order valence-electron chi connectivity index (χ1n) is 9.86. The fourth-order valence-electron chi connectivity index (χ4n) is 3.17. The van der Waals surface area contributed by atoms with E-state index >= 15 is 0 Å². The molecule has 2 aromatic rings. The number of hydrogen-bond acceptors (Lipinski definition) is 3. The minimum atomic E-state index is 0.460. The molecule has 3 nitrogen and oxygen atoms in total. The van der Waals surface area contributed by atoms with E-state index in [0.29, 0.717) is 6.04 Å². The fraction of sp³-hybridized carbons (Fsp3) is 0.417. The van der Waals surface area contributed by atoms with Gasteiger partial charge < -0.3 is 0 Å². The molecule has 0 amide bonds. The Morgan fingerprint density at radius 1 is 1.19 bits per heavy atom. The van der Waals surface area contributed by atoms with Crippen molar-refractivity contribution in [2.45, 2.75) is 67.1 Å². The maximum atomic E-state index is 4.72. The molecule has 144 valence electrons. The van der Waals surface area contributed by atoms with E-state index in [2.05, 4.69) is 69.9 Å². The quantitative estimate of drug-likeness (QED) is 0.549. The van der Waals surface area contributed by atoms with E-state index in [1.54, 1.807) is 0 Å². The van der Waals surface area contributed by atoms with E-state index in [-0.39, 0.29) is 0 Å². The third-order valence-electron chi connectivity index (χ3n) is 5.10. The van der Waals surface area contributed by atoms with E-state index in [1.807, 2.05) is 25.4 Å². The highest BCUT2D eigenvalue weighted by Crippen LogP contribution is 2.22. The van der Waals surface area contributed by atoms with Gasteiger partial charge >= 0.3 is 0 Å². The summed E-state index contributed by atoms with van der Waals surface area (Å²) >= 11 is 0. The zero-order chi connectivity index (χ0) is 19.8. The lowest BCUT2D eigenvalue weighted by Gasteiger charge is -2.29. The minimum absolute atomic E-state index is 0.460.